The van der Waals surface area contributed by atoms with Crippen LogP contribution in [0.1, 0.15) is 45.7 Å². The summed E-state index contributed by atoms with van der Waals surface area (Å²) >= 11 is 2.40. The van der Waals surface area contributed by atoms with Crippen LogP contribution >= 0.6 is 23.5 Å². The average molecular weight is 557 g/mol. The zero-order valence-corrected chi connectivity index (χ0v) is 22.0. The molecular formula is C26H24N2O8S2. The topological polar surface area (TPSA) is 161 Å². The van der Waals surface area contributed by atoms with E-state index >= 15 is 0 Å². The maximum Gasteiger partial charge on any atom is 0.335 e. The zero-order chi connectivity index (χ0) is 28.0. The van der Waals surface area contributed by atoms with Gasteiger partial charge < -0.3 is 10.2 Å². The van der Waals surface area contributed by atoms with Crippen molar-refractivity contribution in [2.75, 3.05) is 0 Å². The Morgan fingerprint density at radius 1 is 0.711 bits per heavy atom. The Morgan fingerprint density at radius 3 is 1.37 bits per heavy atom. The number of rotatable bonds is 12. The number of benzene rings is 3. The third kappa shape index (κ3) is 6.90. The highest BCUT2D eigenvalue weighted by Crippen LogP contribution is 2.37. The van der Waals surface area contributed by atoms with Crippen LogP contribution in [-0.4, -0.2) is 42.5 Å². The number of carbonyl (C=O) groups is 2. The molecule has 198 valence electrons. The number of para-hydroxylation sites is 2. The third-order valence-corrected chi connectivity index (χ3v) is 7.99. The van der Waals surface area contributed by atoms with Crippen molar-refractivity contribution < 1.29 is 29.6 Å². The maximum absolute atomic E-state index is 12.1. The smallest absolute Gasteiger partial charge is 0.335 e. The number of nitro benzene ring substituents is 2. The van der Waals surface area contributed by atoms with Gasteiger partial charge >= 0.3 is 11.9 Å². The maximum atomic E-state index is 12.1. The first kappa shape index (κ1) is 28.7. The summed E-state index contributed by atoms with van der Waals surface area (Å²) in [4.78, 5) is 46.9. The molecule has 0 heterocycles. The van der Waals surface area contributed by atoms with E-state index in [1.54, 1.807) is 50.2 Å². The van der Waals surface area contributed by atoms with E-state index in [1.165, 1.54) is 47.8 Å². The van der Waals surface area contributed by atoms with Gasteiger partial charge in [-0.15, -0.1) is 23.5 Å². The highest BCUT2D eigenvalue weighted by molar-refractivity contribution is 8.00. The second kappa shape index (κ2) is 12.6. The summed E-state index contributed by atoms with van der Waals surface area (Å²) in [5.41, 5.74) is 0.399. The molecule has 2 unspecified atom stereocenters. The molecule has 0 aliphatic carbocycles. The van der Waals surface area contributed by atoms with E-state index in [-0.39, 0.29) is 45.8 Å². The van der Waals surface area contributed by atoms with E-state index < -0.39 is 21.8 Å². The van der Waals surface area contributed by atoms with E-state index in [0.29, 0.717) is 20.9 Å². The molecule has 0 radical (unpaired) electrons. The minimum Gasteiger partial charge on any atom is -0.478 e. The monoisotopic (exact) mass is 556 g/mol. The molecule has 0 amide bonds. The van der Waals surface area contributed by atoms with E-state index in [2.05, 4.69) is 0 Å². The highest BCUT2D eigenvalue weighted by Gasteiger charge is 2.26. The summed E-state index contributed by atoms with van der Waals surface area (Å²) in [5, 5.41) is 41.9. The van der Waals surface area contributed by atoms with Crippen LogP contribution in [0.3, 0.4) is 0 Å². The molecule has 0 aliphatic heterocycles. The van der Waals surface area contributed by atoms with Gasteiger partial charge in [0.25, 0.3) is 11.4 Å². The van der Waals surface area contributed by atoms with Crippen LogP contribution in [0.25, 0.3) is 0 Å². The minimum absolute atomic E-state index is 0.0529. The van der Waals surface area contributed by atoms with Gasteiger partial charge in [0.2, 0.25) is 0 Å². The summed E-state index contributed by atoms with van der Waals surface area (Å²) in [6.07, 6.45) is 0.273. The average Bonchev–Trinajstić information content (AvgIpc) is 2.84. The summed E-state index contributed by atoms with van der Waals surface area (Å²) in [6, 6.07) is 15.0. The first-order valence-corrected chi connectivity index (χ1v) is 13.2. The van der Waals surface area contributed by atoms with Gasteiger partial charge in [0.05, 0.1) is 30.8 Å². The molecule has 0 spiro atoms. The summed E-state index contributed by atoms with van der Waals surface area (Å²) in [5.74, 6) is -2.44. The molecule has 0 aromatic heterocycles. The Bertz CT molecular complexity index is 1290. The first-order chi connectivity index (χ1) is 18.0. The molecule has 0 aliphatic rings. The SMILES string of the molecule is CC(Cc1c(C(=O)O)ccc(C(=O)O)c1CC(C)Sc1ccccc1[N+](=O)[O-])Sc1ccccc1[N+](=O)[O-]. The fraction of sp³-hybridized carbons (Fsp3) is 0.231. The molecule has 3 aromatic rings. The second-order valence-corrected chi connectivity index (χ2v) is 11.4. The molecule has 12 heteroatoms. The van der Waals surface area contributed by atoms with Gasteiger partial charge in [-0.1, -0.05) is 38.1 Å². The van der Waals surface area contributed by atoms with Gasteiger partial charge in [0, 0.05) is 22.6 Å². The van der Waals surface area contributed by atoms with Crippen molar-refractivity contribution in [1.29, 1.82) is 0 Å². The lowest BCUT2D eigenvalue weighted by atomic mass is 9.90. The van der Waals surface area contributed by atoms with Crippen LogP contribution < -0.4 is 0 Å². The number of carboxylic acid groups (broad SMARTS) is 2. The van der Waals surface area contributed by atoms with Crippen LogP contribution in [-0.2, 0) is 12.8 Å². The number of nitro groups is 2. The summed E-state index contributed by atoms with van der Waals surface area (Å²) < 4.78 is 0. The van der Waals surface area contributed by atoms with Gasteiger partial charge in [0.1, 0.15) is 0 Å². The third-order valence-electron chi connectivity index (χ3n) is 5.66. The van der Waals surface area contributed by atoms with E-state index in [0.717, 1.165) is 0 Å². The molecule has 0 saturated carbocycles. The number of carboxylic acids is 2. The molecule has 2 N–H and O–H groups in total. The molecule has 3 aromatic carbocycles. The van der Waals surface area contributed by atoms with Gasteiger partial charge in [-0.25, -0.2) is 9.59 Å². The minimum atomic E-state index is -1.22. The van der Waals surface area contributed by atoms with Crippen LogP contribution in [0, 0.1) is 20.2 Å². The van der Waals surface area contributed by atoms with Crippen molar-refractivity contribution in [3.63, 3.8) is 0 Å². The number of nitrogens with zero attached hydrogens (tertiary/aromatic N) is 2. The molecule has 3 rings (SSSR count). The molecule has 0 bridgehead atoms. The predicted octanol–water partition coefficient (Wildman–Crippen LogP) is 6.35. The molecule has 38 heavy (non-hydrogen) atoms. The largest absolute Gasteiger partial charge is 0.478 e. The van der Waals surface area contributed by atoms with Crippen LogP contribution in [0.4, 0.5) is 11.4 Å². The Balaban J connectivity index is 1.99. The predicted molar refractivity (Wildman–Crippen MR) is 145 cm³/mol. The van der Waals surface area contributed by atoms with E-state index in [4.69, 9.17) is 0 Å². The number of hydrogen-bond acceptors (Lipinski definition) is 8. The summed E-state index contributed by atoms with van der Waals surface area (Å²) in [7, 11) is 0. The van der Waals surface area contributed by atoms with Crippen molar-refractivity contribution in [2.24, 2.45) is 0 Å². The highest BCUT2D eigenvalue weighted by atomic mass is 32.2. The van der Waals surface area contributed by atoms with Crippen LogP contribution in [0.2, 0.25) is 0 Å². The molecular weight excluding hydrogens is 532 g/mol. The van der Waals surface area contributed by atoms with E-state index in [9.17, 15) is 40.0 Å². The molecule has 2 atom stereocenters. The van der Waals surface area contributed by atoms with E-state index in [1.807, 2.05) is 0 Å². The second-order valence-electron chi connectivity index (χ2n) is 8.44. The van der Waals surface area contributed by atoms with Crippen molar-refractivity contribution in [2.45, 2.75) is 47.0 Å². The standard InChI is InChI=1S/C26H24N2O8S2/c1-15(37-23-9-5-3-7-21(23)27(33)34)13-19-17(25(29)30)11-12-18(26(31)32)20(19)14-16(2)38-24-10-6-4-8-22(24)28(35)36/h3-12,15-16H,13-14H2,1-2H3,(H,29,30)(H,31,32). The lowest BCUT2D eigenvalue weighted by Gasteiger charge is -2.21. The number of hydrogen-bond donors (Lipinski definition) is 2. The molecule has 0 fully saturated rings. The van der Waals surface area contributed by atoms with Gasteiger partial charge in [-0.2, -0.15) is 0 Å². The number of thioether (sulfide) groups is 2. The van der Waals surface area contributed by atoms with Crippen LogP contribution in [0.5, 0.6) is 0 Å². The fourth-order valence-corrected chi connectivity index (χ4v) is 6.27. The van der Waals surface area contributed by atoms with Gasteiger partial charge in [0.15, 0.2) is 0 Å². The Labute approximate surface area is 226 Å². The molecule has 10 nitrogen and oxygen atoms in total. The van der Waals surface area contributed by atoms with Crippen LogP contribution in [0.15, 0.2) is 70.5 Å². The van der Waals surface area contributed by atoms with Crippen molar-refractivity contribution in [3.8, 4) is 0 Å². The molecule has 0 saturated heterocycles. The number of aromatic carboxylic acids is 2. The summed E-state index contributed by atoms with van der Waals surface area (Å²) in [6.45, 7) is 3.57. The Hall–Kier alpha value is -3.90. The fourth-order valence-electron chi connectivity index (χ4n) is 4.07. The zero-order valence-electron chi connectivity index (χ0n) is 20.4. The normalized spacial score (nSPS) is 12.5. The Morgan fingerprint density at radius 2 is 1.05 bits per heavy atom. The van der Waals surface area contributed by atoms with Crippen molar-refractivity contribution >= 4 is 46.8 Å². The van der Waals surface area contributed by atoms with Gasteiger partial charge in [-0.3, -0.25) is 20.2 Å². The Kier molecular flexibility index (Phi) is 9.48. The quantitative estimate of drug-likeness (QED) is 0.146. The first-order valence-electron chi connectivity index (χ1n) is 11.4. The van der Waals surface area contributed by atoms with Crippen molar-refractivity contribution in [3.05, 3.63) is 103 Å². The lowest BCUT2D eigenvalue weighted by molar-refractivity contribution is -0.387. The van der Waals surface area contributed by atoms with Crippen molar-refractivity contribution in [1.82, 2.24) is 0 Å². The van der Waals surface area contributed by atoms with Gasteiger partial charge in [-0.05, 0) is 48.2 Å². The lowest BCUT2D eigenvalue weighted by Crippen LogP contribution is -2.18.